The Balaban J connectivity index is 2.24. The minimum atomic E-state index is -1.62. The molecule has 1 rings (SSSR count). The smallest absolute Gasteiger partial charge is 0.236 e. The zero-order valence-corrected chi connectivity index (χ0v) is 13.5. The SMILES string of the molecule is CC(C)(C)[Si](C)(C)OCCCN1CCNCC1=O. The van der Waals surface area contributed by atoms with Gasteiger partial charge in [0.1, 0.15) is 0 Å². The van der Waals surface area contributed by atoms with Crippen LogP contribution in [0, 0.1) is 0 Å². The summed E-state index contributed by atoms with van der Waals surface area (Å²) in [6, 6.07) is 0. The van der Waals surface area contributed by atoms with Gasteiger partial charge in [-0.3, -0.25) is 4.79 Å². The summed E-state index contributed by atoms with van der Waals surface area (Å²) in [4.78, 5) is 13.5. The predicted octanol–water partition coefficient (Wildman–Crippen LogP) is 1.83. The van der Waals surface area contributed by atoms with E-state index in [9.17, 15) is 4.79 Å². The molecule has 0 unspecified atom stereocenters. The minimum Gasteiger partial charge on any atom is -0.417 e. The Bertz CT molecular complexity index is 287. The number of nitrogens with zero attached hydrogens (tertiary/aromatic N) is 1. The monoisotopic (exact) mass is 272 g/mol. The van der Waals surface area contributed by atoms with Crippen LogP contribution in [0.5, 0.6) is 0 Å². The Morgan fingerprint density at radius 3 is 2.61 bits per heavy atom. The van der Waals surface area contributed by atoms with Gasteiger partial charge in [-0.25, -0.2) is 0 Å². The van der Waals surface area contributed by atoms with E-state index in [1.54, 1.807) is 0 Å². The fourth-order valence-corrected chi connectivity index (χ4v) is 2.77. The molecule has 0 spiro atoms. The molecular formula is C13H28N2O2Si. The fraction of sp³-hybridized carbons (Fsp3) is 0.923. The van der Waals surface area contributed by atoms with E-state index in [-0.39, 0.29) is 10.9 Å². The van der Waals surface area contributed by atoms with Crippen LogP contribution in [-0.4, -0.2) is 51.9 Å². The number of nitrogens with one attached hydrogen (secondary N) is 1. The Morgan fingerprint density at radius 2 is 2.06 bits per heavy atom. The molecular weight excluding hydrogens is 244 g/mol. The molecule has 0 atom stereocenters. The van der Waals surface area contributed by atoms with E-state index in [1.165, 1.54) is 0 Å². The molecule has 0 saturated carbocycles. The van der Waals surface area contributed by atoms with Gasteiger partial charge in [-0.15, -0.1) is 0 Å². The highest BCUT2D eigenvalue weighted by Gasteiger charge is 2.36. The van der Waals surface area contributed by atoms with E-state index in [2.05, 4.69) is 39.2 Å². The lowest BCUT2D eigenvalue weighted by molar-refractivity contribution is -0.132. The van der Waals surface area contributed by atoms with Gasteiger partial charge < -0.3 is 14.6 Å². The van der Waals surface area contributed by atoms with E-state index in [0.29, 0.717) is 6.54 Å². The first-order valence-electron chi connectivity index (χ1n) is 6.86. The summed E-state index contributed by atoms with van der Waals surface area (Å²) in [5.41, 5.74) is 0. The first-order valence-corrected chi connectivity index (χ1v) is 9.77. The largest absolute Gasteiger partial charge is 0.417 e. The van der Waals surface area contributed by atoms with Crippen molar-refractivity contribution < 1.29 is 9.22 Å². The number of carbonyl (C=O) groups excluding carboxylic acids is 1. The predicted molar refractivity (Wildman–Crippen MR) is 77.2 cm³/mol. The molecule has 1 N–H and O–H groups in total. The lowest BCUT2D eigenvalue weighted by Gasteiger charge is -2.36. The number of piperazine rings is 1. The maximum atomic E-state index is 11.6. The molecule has 5 heteroatoms. The third kappa shape index (κ3) is 4.37. The Kier molecular flexibility index (Phi) is 5.37. The van der Waals surface area contributed by atoms with Crippen LogP contribution in [0.4, 0.5) is 0 Å². The molecule has 1 aliphatic rings. The van der Waals surface area contributed by atoms with Crippen LogP contribution >= 0.6 is 0 Å². The quantitative estimate of drug-likeness (QED) is 0.613. The number of hydrogen-bond donors (Lipinski definition) is 1. The van der Waals surface area contributed by atoms with Gasteiger partial charge in [-0.1, -0.05) is 20.8 Å². The summed E-state index contributed by atoms with van der Waals surface area (Å²) in [6.07, 6.45) is 0.943. The number of amides is 1. The molecule has 1 amide bonds. The van der Waals surface area contributed by atoms with Crippen molar-refractivity contribution in [3.63, 3.8) is 0 Å². The number of rotatable bonds is 5. The molecule has 106 valence electrons. The minimum absolute atomic E-state index is 0.216. The topological polar surface area (TPSA) is 41.6 Å². The van der Waals surface area contributed by atoms with Crippen LogP contribution in [0.3, 0.4) is 0 Å². The maximum absolute atomic E-state index is 11.6. The van der Waals surface area contributed by atoms with Gasteiger partial charge in [-0.05, 0) is 24.6 Å². The third-order valence-electron chi connectivity index (χ3n) is 4.03. The zero-order chi connectivity index (χ0) is 13.8. The van der Waals surface area contributed by atoms with E-state index < -0.39 is 8.32 Å². The molecule has 0 radical (unpaired) electrons. The van der Waals surface area contributed by atoms with Crippen LogP contribution in [-0.2, 0) is 9.22 Å². The van der Waals surface area contributed by atoms with E-state index >= 15 is 0 Å². The maximum Gasteiger partial charge on any atom is 0.236 e. The summed E-state index contributed by atoms with van der Waals surface area (Å²) in [6.45, 7) is 15.1. The highest BCUT2D eigenvalue weighted by atomic mass is 28.4. The molecule has 0 bridgehead atoms. The van der Waals surface area contributed by atoms with Gasteiger partial charge in [0.2, 0.25) is 5.91 Å². The molecule has 18 heavy (non-hydrogen) atoms. The van der Waals surface area contributed by atoms with E-state index in [0.717, 1.165) is 32.7 Å². The van der Waals surface area contributed by atoms with Gasteiger partial charge in [0.15, 0.2) is 8.32 Å². The average Bonchev–Trinajstić information content (AvgIpc) is 2.25. The third-order valence-corrected chi connectivity index (χ3v) is 8.57. The van der Waals surface area contributed by atoms with Crippen molar-refractivity contribution in [3.05, 3.63) is 0 Å². The summed E-state index contributed by atoms with van der Waals surface area (Å²) < 4.78 is 6.11. The summed E-state index contributed by atoms with van der Waals surface area (Å²) in [7, 11) is -1.62. The first kappa shape index (κ1) is 15.7. The van der Waals surface area contributed by atoms with Crippen molar-refractivity contribution in [1.29, 1.82) is 0 Å². The van der Waals surface area contributed by atoms with Crippen LogP contribution in [0.25, 0.3) is 0 Å². The number of carbonyl (C=O) groups is 1. The van der Waals surface area contributed by atoms with Crippen molar-refractivity contribution in [3.8, 4) is 0 Å². The van der Waals surface area contributed by atoms with E-state index in [1.807, 2.05) is 4.90 Å². The fourth-order valence-electron chi connectivity index (χ4n) is 1.68. The zero-order valence-electron chi connectivity index (χ0n) is 12.5. The molecule has 4 nitrogen and oxygen atoms in total. The standard InChI is InChI=1S/C13H28N2O2Si/c1-13(2,3)18(4,5)17-10-6-8-15-9-7-14-11-12(15)16/h14H,6-11H2,1-5H3. The van der Waals surface area contributed by atoms with Crippen LogP contribution < -0.4 is 5.32 Å². The summed E-state index contributed by atoms with van der Waals surface area (Å²) in [5.74, 6) is 0.216. The van der Waals surface area contributed by atoms with Crippen molar-refractivity contribution in [2.45, 2.75) is 45.3 Å². The Labute approximate surface area is 112 Å². The lowest BCUT2D eigenvalue weighted by Crippen LogP contribution is -2.48. The first-order chi connectivity index (χ1) is 8.24. The molecule has 0 aliphatic carbocycles. The Morgan fingerprint density at radius 1 is 1.39 bits per heavy atom. The molecule has 1 fully saturated rings. The van der Waals surface area contributed by atoms with Gasteiger partial charge >= 0.3 is 0 Å². The van der Waals surface area contributed by atoms with Gasteiger partial charge in [0.25, 0.3) is 0 Å². The van der Waals surface area contributed by atoms with Gasteiger partial charge in [0.05, 0.1) is 6.54 Å². The molecule has 1 heterocycles. The van der Waals surface area contributed by atoms with Gasteiger partial charge in [-0.2, -0.15) is 0 Å². The van der Waals surface area contributed by atoms with Crippen molar-refractivity contribution >= 4 is 14.2 Å². The molecule has 1 aliphatic heterocycles. The molecule has 0 aromatic rings. The molecule has 0 aromatic heterocycles. The van der Waals surface area contributed by atoms with Crippen LogP contribution in [0.2, 0.25) is 18.1 Å². The second-order valence-electron chi connectivity index (χ2n) is 6.52. The molecule has 1 saturated heterocycles. The highest BCUT2D eigenvalue weighted by molar-refractivity contribution is 6.74. The van der Waals surface area contributed by atoms with Crippen molar-refractivity contribution in [2.75, 3.05) is 32.8 Å². The molecule has 0 aromatic carbocycles. The number of hydrogen-bond acceptors (Lipinski definition) is 3. The summed E-state index contributed by atoms with van der Waals surface area (Å²) >= 11 is 0. The van der Waals surface area contributed by atoms with Crippen molar-refractivity contribution in [1.82, 2.24) is 10.2 Å². The summed E-state index contributed by atoms with van der Waals surface area (Å²) in [5, 5.41) is 3.35. The van der Waals surface area contributed by atoms with E-state index in [4.69, 9.17) is 4.43 Å². The highest BCUT2D eigenvalue weighted by Crippen LogP contribution is 2.36. The average molecular weight is 272 g/mol. The second-order valence-corrected chi connectivity index (χ2v) is 11.3. The van der Waals surface area contributed by atoms with Gasteiger partial charge in [0, 0.05) is 26.2 Å². The van der Waals surface area contributed by atoms with Crippen molar-refractivity contribution in [2.24, 2.45) is 0 Å². The van der Waals surface area contributed by atoms with Crippen LogP contribution in [0.15, 0.2) is 0 Å². The Hall–Kier alpha value is -0.393. The second kappa shape index (κ2) is 6.17. The normalized spacial score (nSPS) is 18.3. The van der Waals surface area contributed by atoms with Crippen LogP contribution in [0.1, 0.15) is 27.2 Å². The lowest BCUT2D eigenvalue weighted by atomic mass is 10.2.